The highest BCUT2D eigenvalue weighted by Crippen LogP contribution is 2.12. The monoisotopic (exact) mass is 249 g/mol. The van der Waals surface area contributed by atoms with Gasteiger partial charge in [0.15, 0.2) is 5.84 Å². The van der Waals surface area contributed by atoms with Gasteiger partial charge >= 0.3 is 5.97 Å². The molecule has 0 bridgehead atoms. The van der Waals surface area contributed by atoms with Crippen molar-refractivity contribution in [2.45, 2.75) is 13.8 Å². The van der Waals surface area contributed by atoms with E-state index in [1.54, 1.807) is 39.1 Å². The van der Waals surface area contributed by atoms with Crippen LogP contribution < -0.4 is 0 Å². The molecule has 0 aliphatic heterocycles. The lowest BCUT2D eigenvalue weighted by molar-refractivity contribution is -0.139. The number of aliphatic carboxylic acids is 1. The zero-order valence-electron chi connectivity index (χ0n) is 10.5. The van der Waals surface area contributed by atoms with E-state index >= 15 is 0 Å². The summed E-state index contributed by atoms with van der Waals surface area (Å²) >= 11 is 0. The van der Waals surface area contributed by atoms with Crippen LogP contribution in [0.4, 0.5) is 0 Å². The Labute approximate surface area is 105 Å². The number of aliphatic imine (C=N–C) groups is 1. The number of allylic oxidation sites excluding steroid dienone is 3. The molecule has 0 saturated heterocycles. The molecule has 1 atom stereocenters. The molecule has 96 valence electrons. The molecule has 7 nitrogen and oxygen atoms in total. The third-order valence-electron chi connectivity index (χ3n) is 2.44. The second-order valence-corrected chi connectivity index (χ2v) is 3.52. The first-order valence-corrected chi connectivity index (χ1v) is 5.37. The SMILES string of the molecule is C/C=C(/C=C\C(=NC)n1cnnn1)C(C)C(=O)O. The Kier molecular flexibility index (Phi) is 4.91. The number of aromatic nitrogens is 4. The van der Waals surface area contributed by atoms with Gasteiger partial charge in [-0.15, -0.1) is 5.10 Å². The van der Waals surface area contributed by atoms with E-state index in [2.05, 4.69) is 20.5 Å². The Morgan fingerprint density at radius 2 is 2.22 bits per heavy atom. The number of hydrogen-bond donors (Lipinski definition) is 1. The Hall–Kier alpha value is -2.31. The van der Waals surface area contributed by atoms with E-state index < -0.39 is 11.9 Å². The van der Waals surface area contributed by atoms with Crippen LogP contribution in [-0.4, -0.2) is 44.2 Å². The zero-order valence-corrected chi connectivity index (χ0v) is 10.5. The average molecular weight is 249 g/mol. The van der Waals surface area contributed by atoms with Crippen LogP contribution in [0.1, 0.15) is 13.8 Å². The van der Waals surface area contributed by atoms with Crippen molar-refractivity contribution in [2.24, 2.45) is 10.9 Å². The molecule has 1 rings (SSSR count). The van der Waals surface area contributed by atoms with Crippen LogP contribution in [0, 0.1) is 5.92 Å². The lowest BCUT2D eigenvalue weighted by Crippen LogP contribution is -2.13. The standard InChI is InChI=1S/C11H15N5O2/c1-4-9(8(2)11(17)18)5-6-10(12-3)16-7-13-14-15-16/h4-8H,1-3H3,(H,17,18)/b6-5-,9-4-,12-10?. The van der Waals surface area contributed by atoms with E-state index in [-0.39, 0.29) is 0 Å². The number of nitrogens with zero attached hydrogens (tertiary/aromatic N) is 5. The van der Waals surface area contributed by atoms with Crippen molar-refractivity contribution in [1.82, 2.24) is 20.2 Å². The highest BCUT2D eigenvalue weighted by atomic mass is 16.4. The van der Waals surface area contributed by atoms with Gasteiger partial charge in [-0.05, 0) is 35.9 Å². The van der Waals surface area contributed by atoms with Gasteiger partial charge in [0.25, 0.3) is 0 Å². The summed E-state index contributed by atoms with van der Waals surface area (Å²) in [5.41, 5.74) is 0.691. The van der Waals surface area contributed by atoms with E-state index in [0.717, 1.165) is 0 Å². The van der Waals surface area contributed by atoms with Crippen LogP contribution in [-0.2, 0) is 4.79 Å². The number of tetrazole rings is 1. The second-order valence-electron chi connectivity index (χ2n) is 3.52. The average Bonchev–Trinajstić information content (AvgIpc) is 2.87. The van der Waals surface area contributed by atoms with Crippen molar-refractivity contribution in [3.05, 3.63) is 30.1 Å². The van der Waals surface area contributed by atoms with Gasteiger partial charge in [0.1, 0.15) is 6.33 Å². The van der Waals surface area contributed by atoms with Crippen molar-refractivity contribution in [1.29, 1.82) is 0 Å². The van der Waals surface area contributed by atoms with Gasteiger partial charge in [0.05, 0.1) is 5.92 Å². The van der Waals surface area contributed by atoms with Gasteiger partial charge in [0, 0.05) is 7.05 Å². The Bertz CT molecular complexity index is 488. The molecule has 0 radical (unpaired) electrons. The molecule has 1 heterocycles. The second kappa shape index (κ2) is 6.43. The minimum atomic E-state index is -0.870. The summed E-state index contributed by atoms with van der Waals surface area (Å²) in [6.45, 7) is 3.42. The highest BCUT2D eigenvalue weighted by Gasteiger charge is 2.13. The normalized spacial score (nSPS) is 15.1. The Morgan fingerprint density at radius 3 is 2.67 bits per heavy atom. The molecule has 0 saturated carbocycles. The number of carboxylic acid groups (broad SMARTS) is 1. The van der Waals surface area contributed by atoms with E-state index in [4.69, 9.17) is 5.11 Å². The fourth-order valence-corrected chi connectivity index (χ4v) is 1.32. The lowest BCUT2D eigenvalue weighted by Gasteiger charge is -2.06. The highest BCUT2D eigenvalue weighted by molar-refractivity contribution is 5.94. The molecule has 0 aliphatic rings. The Morgan fingerprint density at radius 1 is 1.50 bits per heavy atom. The van der Waals surface area contributed by atoms with Gasteiger partial charge in [0.2, 0.25) is 0 Å². The van der Waals surface area contributed by atoms with Gasteiger partial charge < -0.3 is 5.11 Å². The first-order chi connectivity index (χ1) is 8.60. The largest absolute Gasteiger partial charge is 0.481 e. The first kappa shape index (κ1) is 13.8. The van der Waals surface area contributed by atoms with Gasteiger partial charge in [-0.2, -0.15) is 4.68 Å². The number of carbonyl (C=O) groups is 1. The lowest BCUT2D eigenvalue weighted by atomic mass is 10.0. The minimum Gasteiger partial charge on any atom is -0.481 e. The van der Waals surface area contributed by atoms with Crippen molar-refractivity contribution in [3.63, 3.8) is 0 Å². The summed E-state index contributed by atoms with van der Waals surface area (Å²) in [5, 5.41) is 19.7. The fourth-order valence-electron chi connectivity index (χ4n) is 1.32. The van der Waals surface area contributed by atoms with Crippen LogP contribution in [0.2, 0.25) is 0 Å². The number of rotatable bonds is 4. The summed E-state index contributed by atoms with van der Waals surface area (Å²) < 4.78 is 1.40. The maximum Gasteiger partial charge on any atom is 0.310 e. The topological polar surface area (TPSA) is 93.3 Å². The third kappa shape index (κ3) is 3.34. The van der Waals surface area contributed by atoms with Crippen molar-refractivity contribution in [2.75, 3.05) is 7.05 Å². The van der Waals surface area contributed by atoms with Crippen molar-refractivity contribution >= 4 is 11.8 Å². The summed E-state index contributed by atoms with van der Waals surface area (Å²) in [6.07, 6.45) is 6.54. The van der Waals surface area contributed by atoms with E-state index in [9.17, 15) is 4.79 Å². The van der Waals surface area contributed by atoms with Crippen LogP contribution in [0.5, 0.6) is 0 Å². The molecule has 1 aromatic heterocycles. The van der Waals surface area contributed by atoms with Gasteiger partial charge in [-0.25, -0.2) is 0 Å². The predicted octanol–water partition coefficient (Wildman–Crippen LogP) is 0.773. The molecular formula is C11H15N5O2. The van der Waals surface area contributed by atoms with Crippen LogP contribution in [0.3, 0.4) is 0 Å². The molecular weight excluding hydrogens is 234 g/mol. The van der Waals surface area contributed by atoms with Gasteiger partial charge in [-0.1, -0.05) is 12.2 Å². The maximum atomic E-state index is 10.9. The number of hydrogen-bond acceptors (Lipinski definition) is 5. The molecule has 1 N–H and O–H groups in total. The number of carboxylic acids is 1. The quantitative estimate of drug-likeness (QED) is 0.483. The summed E-state index contributed by atoms with van der Waals surface area (Å²) in [6, 6.07) is 0. The summed E-state index contributed by atoms with van der Waals surface area (Å²) in [4.78, 5) is 14.9. The minimum absolute atomic E-state index is 0.525. The molecule has 1 aromatic rings. The van der Waals surface area contributed by atoms with Gasteiger partial charge in [-0.3, -0.25) is 9.79 Å². The zero-order chi connectivity index (χ0) is 13.5. The molecule has 0 spiro atoms. The van der Waals surface area contributed by atoms with Crippen LogP contribution >= 0.6 is 0 Å². The molecule has 18 heavy (non-hydrogen) atoms. The molecule has 0 aliphatic carbocycles. The van der Waals surface area contributed by atoms with E-state index in [0.29, 0.717) is 11.4 Å². The molecule has 0 amide bonds. The molecule has 1 unspecified atom stereocenters. The van der Waals surface area contributed by atoms with Crippen molar-refractivity contribution in [3.8, 4) is 0 Å². The summed E-state index contributed by atoms with van der Waals surface area (Å²) in [7, 11) is 1.61. The first-order valence-electron chi connectivity index (χ1n) is 5.37. The maximum absolute atomic E-state index is 10.9. The molecule has 7 heteroatoms. The predicted molar refractivity (Wildman–Crippen MR) is 66.3 cm³/mol. The fraction of sp³-hybridized carbons (Fsp3) is 0.364. The van der Waals surface area contributed by atoms with E-state index in [1.807, 2.05) is 0 Å². The van der Waals surface area contributed by atoms with Crippen LogP contribution in [0.15, 0.2) is 35.1 Å². The smallest absolute Gasteiger partial charge is 0.310 e. The molecule has 0 fully saturated rings. The van der Waals surface area contributed by atoms with Crippen molar-refractivity contribution < 1.29 is 9.90 Å². The van der Waals surface area contributed by atoms with Crippen LogP contribution in [0.25, 0.3) is 0 Å². The molecule has 0 aromatic carbocycles. The third-order valence-corrected chi connectivity index (χ3v) is 2.44. The van der Waals surface area contributed by atoms with E-state index in [1.165, 1.54) is 11.0 Å². The Balaban J connectivity index is 2.88. The summed E-state index contributed by atoms with van der Waals surface area (Å²) in [5.74, 6) is -0.916.